The molecular weight excluding hydrogens is 134 g/mol. The molecule has 0 heterocycles. The molecule has 2 rings (SSSR count). The molecule has 0 aromatic rings. The third kappa shape index (κ3) is 1.56. The maximum atomic E-state index is 8.85. The monoisotopic (exact) mass is 148 g/mol. The highest BCUT2D eigenvalue weighted by atomic mass is 14.4. The highest BCUT2D eigenvalue weighted by molar-refractivity contribution is 5.18. The van der Waals surface area contributed by atoms with Gasteiger partial charge < -0.3 is 0 Å². The molecule has 0 aromatic carbocycles. The summed E-state index contributed by atoms with van der Waals surface area (Å²) in [6, 6.07) is 2.39. The first-order valence-electron chi connectivity index (χ1n) is 4.66. The zero-order valence-electron chi connectivity index (χ0n) is 6.84. The minimum absolute atomic E-state index is 0.695. The fraction of sp³-hybridized carbons (Fsp3) is 0.800. The van der Waals surface area contributed by atoms with Crippen molar-refractivity contribution in [1.82, 2.24) is 0 Å². The first kappa shape index (κ1) is 7.16. The Balaban J connectivity index is 1.80. The molecule has 11 heavy (non-hydrogen) atoms. The van der Waals surface area contributed by atoms with Crippen molar-refractivity contribution in [2.45, 2.75) is 38.5 Å². The molecule has 0 aromatic heterocycles. The van der Waals surface area contributed by atoms with Crippen molar-refractivity contribution in [3.63, 3.8) is 0 Å². The van der Waals surface area contributed by atoms with Gasteiger partial charge in [0.05, 0.1) is 12.0 Å². The Morgan fingerprint density at radius 3 is 2.36 bits per heavy atom. The first-order chi connectivity index (χ1) is 5.40. The van der Waals surface area contributed by atoms with Crippen LogP contribution >= 0.6 is 0 Å². The molecule has 1 radical (unpaired) electrons. The van der Waals surface area contributed by atoms with E-state index in [0.717, 1.165) is 12.3 Å². The molecule has 1 nitrogen and oxygen atoms in total. The van der Waals surface area contributed by atoms with Gasteiger partial charge in [0, 0.05) is 0 Å². The lowest BCUT2D eigenvalue weighted by molar-refractivity contribution is 0.329. The summed E-state index contributed by atoms with van der Waals surface area (Å²) in [6.07, 6.45) is 7.79. The van der Waals surface area contributed by atoms with Crippen molar-refractivity contribution in [1.29, 1.82) is 5.26 Å². The van der Waals surface area contributed by atoms with Crippen LogP contribution < -0.4 is 0 Å². The van der Waals surface area contributed by atoms with Crippen molar-refractivity contribution in [3.8, 4) is 6.07 Å². The molecule has 1 heteroatoms. The van der Waals surface area contributed by atoms with E-state index in [4.69, 9.17) is 5.26 Å². The highest BCUT2D eigenvalue weighted by Gasteiger charge is 2.33. The molecule has 0 saturated heterocycles. The Labute approximate surface area is 68.4 Å². The van der Waals surface area contributed by atoms with E-state index in [1.165, 1.54) is 38.0 Å². The molecule has 2 aliphatic carbocycles. The van der Waals surface area contributed by atoms with Gasteiger partial charge in [-0.05, 0) is 31.1 Å². The quantitative estimate of drug-likeness (QED) is 0.603. The number of nitrogens with zero attached hydrogens (tertiary/aromatic N) is 1. The topological polar surface area (TPSA) is 23.8 Å². The Bertz CT molecular complexity index is 172. The summed E-state index contributed by atoms with van der Waals surface area (Å²) in [7, 11) is 0. The average Bonchev–Trinajstić information content (AvgIpc) is 2.66. The van der Waals surface area contributed by atoms with Crippen molar-refractivity contribution in [2.24, 2.45) is 11.8 Å². The summed E-state index contributed by atoms with van der Waals surface area (Å²) in [5, 5.41) is 8.85. The van der Waals surface area contributed by atoms with Crippen molar-refractivity contribution in [3.05, 3.63) is 5.92 Å². The van der Waals surface area contributed by atoms with Crippen LogP contribution in [0.3, 0.4) is 0 Å². The van der Waals surface area contributed by atoms with Crippen molar-refractivity contribution < 1.29 is 0 Å². The number of hydrogen-bond acceptors (Lipinski definition) is 1. The Morgan fingerprint density at radius 1 is 1.27 bits per heavy atom. The third-order valence-corrected chi connectivity index (χ3v) is 2.95. The lowest BCUT2D eigenvalue weighted by atomic mass is 9.74. The van der Waals surface area contributed by atoms with Gasteiger partial charge in [0.1, 0.15) is 0 Å². The predicted octanol–water partition coefficient (Wildman–Crippen LogP) is 2.68. The second-order valence-electron chi connectivity index (χ2n) is 3.91. The summed E-state index contributed by atoms with van der Waals surface area (Å²) in [5.41, 5.74) is 0. The average molecular weight is 148 g/mol. The van der Waals surface area contributed by atoms with E-state index in [-0.39, 0.29) is 0 Å². The Morgan fingerprint density at radius 2 is 2.00 bits per heavy atom. The molecular formula is C10H14N. The van der Waals surface area contributed by atoms with Gasteiger partial charge >= 0.3 is 0 Å². The van der Waals surface area contributed by atoms with E-state index in [1.54, 1.807) is 0 Å². The molecule has 59 valence electrons. The Kier molecular flexibility index (Phi) is 1.85. The van der Waals surface area contributed by atoms with Crippen molar-refractivity contribution in [2.75, 3.05) is 0 Å². The number of nitriles is 1. The van der Waals surface area contributed by atoms with Crippen molar-refractivity contribution >= 4 is 0 Å². The smallest absolute Gasteiger partial charge is 0.0793 e. The maximum absolute atomic E-state index is 8.85. The number of rotatable bonds is 3. The second kappa shape index (κ2) is 2.85. The number of hydrogen-bond donors (Lipinski definition) is 0. The van der Waals surface area contributed by atoms with Gasteiger partial charge in [0.2, 0.25) is 0 Å². The summed E-state index contributed by atoms with van der Waals surface area (Å²) < 4.78 is 0. The first-order valence-corrected chi connectivity index (χ1v) is 4.66. The lowest BCUT2D eigenvalue weighted by Crippen LogP contribution is -2.19. The molecule has 0 bridgehead atoms. The van der Waals surface area contributed by atoms with Crippen LogP contribution in [0.5, 0.6) is 0 Å². The second-order valence-corrected chi connectivity index (χ2v) is 3.91. The van der Waals surface area contributed by atoms with Crippen LogP contribution in [0.25, 0.3) is 0 Å². The summed E-state index contributed by atoms with van der Waals surface area (Å²) in [5.74, 6) is 2.80. The molecule has 0 unspecified atom stereocenters. The summed E-state index contributed by atoms with van der Waals surface area (Å²) in [6.45, 7) is 0. The molecule has 0 atom stereocenters. The van der Waals surface area contributed by atoms with Gasteiger partial charge in [-0.2, -0.15) is 5.26 Å². The van der Waals surface area contributed by atoms with E-state index in [1.807, 2.05) is 0 Å². The molecule has 2 aliphatic rings. The van der Waals surface area contributed by atoms with Gasteiger partial charge in [-0.15, -0.1) is 0 Å². The van der Waals surface area contributed by atoms with Crippen LogP contribution in [0.1, 0.15) is 38.5 Å². The fourth-order valence-corrected chi connectivity index (χ4v) is 1.69. The van der Waals surface area contributed by atoms with Gasteiger partial charge in [-0.3, -0.25) is 0 Å². The van der Waals surface area contributed by atoms with Crippen LogP contribution in [0.2, 0.25) is 0 Å². The zero-order valence-corrected chi connectivity index (χ0v) is 6.84. The van der Waals surface area contributed by atoms with E-state index < -0.39 is 0 Å². The Hall–Kier alpha value is -0.510. The van der Waals surface area contributed by atoms with Crippen LogP contribution in [0, 0.1) is 29.1 Å². The van der Waals surface area contributed by atoms with Crippen LogP contribution in [-0.4, -0.2) is 0 Å². The summed E-state index contributed by atoms with van der Waals surface area (Å²) in [4.78, 5) is 0. The minimum atomic E-state index is 0.695. The SMILES string of the molecule is N#C[C](CC1CC1)C1CCC1. The standard InChI is InChI=1S/C10H14N/c11-7-10(6-8-4-5-8)9-2-1-3-9/h8-9H,1-6H2. The largest absolute Gasteiger partial charge is 0.198 e. The lowest BCUT2D eigenvalue weighted by Gasteiger charge is -2.28. The normalized spacial score (nSPS) is 24.7. The van der Waals surface area contributed by atoms with Gasteiger partial charge in [-0.25, -0.2) is 0 Å². The molecule has 0 spiro atoms. The van der Waals surface area contributed by atoms with Gasteiger partial charge in [0.25, 0.3) is 0 Å². The molecule has 2 fully saturated rings. The van der Waals surface area contributed by atoms with Crippen LogP contribution in [-0.2, 0) is 0 Å². The van der Waals surface area contributed by atoms with E-state index in [0.29, 0.717) is 5.92 Å². The maximum Gasteiger partial charge on any atom is 0.0793 e. The van der Waals surface area contributed by atoms with E-state index in [2.05, 4.69) is 6.07 Å². The summed E-state index contributed by atoms with van der Waals surface area (Å²) >= 11 is 0. The predicted molar refractivity (Wildman–Crippen MR) is 43.5 cm³/mol. The van der Waals surface area contributed by atoms with Crippen LogP contribution in [0.15, 0.2) is 0 Å². The van der Waals surface area contributed by atoms with Crippen LogP contribution in [0.4, 0.5) is 0 Å². The van der Waals surface area contributed by atoms with Gasteiger partial charge in [-0.1, -0.05) is 19.3 Å². The third-order valence-electron chi connectivity index (χ3n) is 2.95. The van der Waals surface area contributed by atoms with E-state index in [9.17, 15) is 0 Å². The molecule has 0 aliphatic heterocycles. The molecule has 0 N–H and O–H groups in total. The molecule has 2 saturated carbocycles. The van der Waals surface area contributed by atoms with E-state index >= 15 is 0 Å². The van der Waals surface area contributed by atoms with Gasteiger partial charge in [0.15, 0.2) is 0 Å². The molecule has 0 amide bonds. The fourth-order valence-electron chi connectivity index (χ4n) is 1.69. The highest BCUT2D eigenvalue weighted by Crippen LogP contribution is 2.43. The zero-order chi connectivity index (χ0) is 7.68. The minimum Gasteiger partial charge on any atom is -0.198 e.